The van der Waals surface area contributed by atoms with Crippen LogP contribution in [0, 0.1) is 5.41 Å². The van der Waals surface area contributed by atoms with E-state index in [9.17, 15) is 9.90 Å². The smallest absolute Gasteiger partial charge is 0.407 e. The summed E-state index contributed by atoms with van der Waals surface area (Å²) in [7, 11) is 0. The number of amides is 1. The Balaban J connectivity index is 2.53. The van der Waals surface area contributed by atoms with Crippen LogP contribution < -0.4 is 10.6 Å². The third kappa shape index (κ3) is 6.10. The summed E-state index contributed by atoms with van der Waals surface area (Å²) in [5.74, 6) is 0. The number of aliphatic hydroxyl groups excluding tert-OH is 1. The Labute approximate surface area is 133 Å². The van der Waals surface area contributed by atoms with E-state index in [-0.39, 0.29) is 30.2 Å². The third-order valence-corrected chi connectivity index (χ3v) is 3.65. The summed E-state index contributed by atoms with van der Waals surface area (Å²) in [6.45, 7) is 12.9. The molecule has 22 heavy (non-hydrogen) atoms. The second-order valence-electron chi connectivity index (χ2n) is 7.71. The van der Waals surface area contributed by atoms with Crippen molar-refractivity contribution in [3.63, 3.8) is 0 Å². The molecule has 6 nitrogen and oxygen atoms in total. The van der Waals surface area contributed by atoms with Gasteiger partial charge in [-0.1, -0.05) is 13.8 Å². The van der Waals surface area contributed by atoms with Crippen molar-refractivity contribution in [1.29, 1.82) is 0 Å². The van der Waals surface area contributed by atoms with Crippen molar-refractivity contribution in [3.05, 3.63) is 0 Å². The summed E-state index contributed by atoms with van der Waals surface area (Å²) in [4.78, 5) is 11.9. The summed E-state index contributed by atoms with van der Waals surface area (Å²) in [5, 5.41) is 15.7. The Morgan fingerprint density at radius 1 is 1.27 bits per heavy atom. The van der Waals surface area contributed by atoms with Crippen molar-refractivity contribution in [2.45, 2.75) is 71.8 Å². The van der Waals surface area contributed by atoms with Gasteiger partial charge in [-0.05, 0) is 34.1 Å². The zero-order valence-electron chi connectivity index (χ0n) is 14.7. The van der Waals surface area contributed by atoms with Crippen molar-refractivity contribution in [1.82, 2.24) is 10.6 Å². The second-order valence-corrected chi connectivity index (χ2v) is 7.71. The molecule has 0 radical (unpaired) electrons. The normalized spacial score (nSPS) is 25.5. The first-order chi connectivity index (χ1) is 10.1. The van der Waals surface area contributed by atoms with Crippen molar-refractivity contribution >= 4 is 6.09 Å². The highest BCUT2D eigenvalue weighted by atomic mass is 16.6. The summed E-state index contributed by atoms with van der Waals surface area (Å²) in [6.07, 6.45) is 0.449. The van der Waals surface area contributed by atoms with Crippen LogP contribution in [0.25, 0.3) is 0 Å². The van der Waals surface area contributed by atoms with Gasteiger partial charge in [0.05, 0.1) is 18.2 Å². The van der Waals surface area contributed by atoms with Crippen LogP contribution in [-0.2, 0) is 9.47 Å². The largest absolute Gasteiger partial charge is 0.444 e. The van der Waals surface area contributed by atoms with Crippen molar-refractivity contribution in [2.24, 2.45) is 5.41 Å². The molecule has 1 rings (SSSR count). The van der Waals surface area contributed by atoms with Crippen LogP contribution >= 0.6 is 0 Å². The topological polar surface area (TPSA) is 79.8 Å². The number of carbonyl (C=O) groups excluding carboxylic acids is 1. The molecule has 0 aliphatic heterocycles. The minimum absolute atomic E-state index is 0.0131. The molecule has 130 valence electrons. The van der Waals surface area contributed by atoms with Gasteiger partial charge < -0.3 is 25.2 Å². The van der Waals surface area contributed by atoms with E-state index in [0.29, 0.717) is 13.2 Å². The maximum atomic E-state index is 11.9. The fraction of sp³-hybridized carbons (Fsp3) is 0.938. The SMILES string of the molecule is CCOC1CC(NC(=O)OC(C)(C)C)C1NCC(C)(C)CO. The van der Waals surface area contributed by atoms with E-state index in [1.807, 2.05) is 41.5 Å². The average Bonchev–Trinajstić information content (AvgIpc) is 2.35. The maximum Gasteiger partial charge on any atom is 0.407 e. The first-order valence-corrected chi connectivity index (χ1v) is 8.03. The lowest BCUT2D eigenvalue weighted by molar-refractivity contribution is -0.0465. The summed E-state index contributed by atoms with van der Waals surface area (Å²) < 4.78 is 11.0. The number of nitrogens with one attached hydrogen (secondary N) is 2. The Morgan fingerprint density at radius 2 is 1.91 bits per heavy atom. The highest BCUT2D eigenvalue weighted by Gasteiger charge is 2.43. The molecule has 1 aliphatic carbocycles. The number of aliphatic hydroxyl groups is 1. The van der Waals surface area contributed by atoms with Gasteiger partial charge in [-0.3, -0.25) is 0 Å². The van der Waals surface area contributed by atoms with Crippen LogP contribution in [0.3, 0.4) is 0 Å². The molecule has 3 unspecified atom stereocenters. The number of hydrogen-bond acceptors (Lipinski definition) is 5. The van der Waals surface area contributed by atoms with Crippen LogP contribution in [0.4, 0.5) is 4.79 Å². The predicted octanol–water partition coefficient (Wildman–Crippen LogP) is 1.67. The molecule has 0 heterocycles. The van der Waals surface area contributed by atoms with Crippen LogP contribution in [0.1, 0.15) is 48.0 Å². The molecule has 1 fully saturated rings. The van der Waals surface area contributed by atoms with Gasteiger partial charge in [-0.2, -0.15) is 0 Å². The molecule has 1 amide bonds. The molecule has 0 aromatic carbocycles. The Bertz CT molecular complexity index is 366. The van der Waals surface area contributed by atoms with Crippen LogP contribution in [-0.4, -0.2) is 54.7 Å². The van der Waals surface area contributed by atoms with E-state index in [0.717, 1.165) is 6.42 Å². The van der Waals surface area contributed by atoms with Crippen molar-refractivity contribution in [3.8, 4) is 0 Å². The average molecular weight is 316 g/mol. The number of carbonyl (C=O) groups is 1. The van der Waals surface area contributed by atoms with Gasteiger partial charge in [0, 0.05) is 25.2 Å². The molecule has 6 heteroatoms. The van der Waals surface area contributed by atoms with E-state index in [4.69, 9.17) is 9.47 Å². The molecule has 0 bridgehead atoms. The van der Waals surface area contributed by atoms with Crippen LogP contribution in [0.5, 0.6) is 0 Å². The van der Waals surface area contributed by atoms with Gasteiger partial charge in [-0.25, -0.2) is 4.79 Å². The highest BCUT2D eigenvalue weighted by Crippen LogP contribution is 2.26. The monoisotopic (exact) mass is 316 g/mol. The zero-order chi connectivity index (χ0) is 17.0. The van der Waals surface area contributed by atoms with Gasteiger partial charge in [0.1, 0.15) is 5.60 Å². The van der Waals surface area contributed by atoms with E-state index in [2.05, 4.69) is 10.6 Å². The van der Waals surface area contributed by atoms with E-state index in [1.165, 1.54) is 0 Å². The fourth-order valence-corrected chi connectivity index (χ4v) is 2.32. The van der Waals surface area contributed by atoms with E-state index < -0.39 is 11.7 Å². The van der Waals surface area contributed by atoms with Gasteiger partial charge >= 0.3 is 6.09 Å². The minimum Gasteiger partial charge on any atom is -0.444 e. The first-order valence-electron chi connectivity index (χ1n) is 8.03. The summed E-state index contributed by atoms with van der Waals surface area (Å²) in [6, 6.07) is 0.0270. The van der Waals surface area contributed by atoms with Gasteiger partial charge in [0.2, 0.25) is 0 Å². The number of ether oxygens (including phenoxy) is 2. The predicted molar refractivity (Wildman–Crippen MR) is 85.8 cm³/mol. The van der Waals surface area contributed by atoms with Crippen molar-refractivity contribution < 1.29 is 19.4 Å². The lowest BCUT2D eigenvalue weighted by atomic mass is 9.81. The number of alkyl carbamates (subject to hydrolysis) is 1. The lowest BCUT2D eigenvalue weighted by Gasteiger charge is -2.46. The van der Waals surface area contributed by atoms with Gasteiger partial charge in [0.15, 0.2) is 0 Å². The fourth-order valence-electron chi connectivity index (χ4n) is 2.32. The number of hydrogen-bond donors (Lipinski definition) is 3. The molecule has 0 spiro atoms. The van der Waals surface area contributed by atoms with Crippen LogP contribution in [0.15, 0.2) is 0 Å². The van der Waals surface area contributed by atoms with Crippen molar-refractivity contribution in [2.75, 3.05) is 19.8 Å². The minimum atomic E-state index is -0.505. The molecule has 3 atom stereocenters. The maximum absolute atomic E-state index is 11.9. The van der Waals surface area contributed by atoms with Gasteiger partial charge in [0.25, 0.3) is 0 Å². The molecule has 0 aromatic heterocycles. The molecular weight excluding hydrogens is 284 g/mol. The Hall–Kier alpha value is -0.850. The molecule has 1 saturated carbocycles. The Morgan fingerprint density at radius 3 is 2.41 bits per heavy atom. The summed E-state index contributed by atoms with van der Waals surface area (Å²) >= 11 is 0. The molecule has 3 N–H and O–H groups in total. The summed E-state index contributed by atoms with van der Waals surface area (Å²) in [5.41, 5.74) is -0.711. The standard InChI is InChI=1S/C16H32N2O4/c1-7-21-12-8-11(18-14(20)22-15(2,3)4)13(12)17-9-16(5,6)10-19/h11-13,17,19H,7-10H2,1-6H3,(H,18,20). The van der Waals surface area contributed by atoms with Gasteiger partial charge in [-0.15, -0.1) is 0 Å². The molecule has 0 saturated heterocycles. The third-order valence-electron chi connectivity index (χ3n) is 3.65. The molecular formula is C16H32N2O4. The zero-order valence-corrected chi connectivity index (χ0v) is 14.7. The highest BCUT2D eigenvalue weighted by molar-refractivity contribution is 5.68. The van der Waals surface area contributed by atoms with E-state index >= 15 is 0 Å². The number of rotatable bonds is 7. The first kappa shape index (κ1) is 19.2. The second kappa shape index (κ2) is 7.62. The molecule has 0 aromatic rings. The lowest BCUT2D eigenvalue weighted by Crippen LogP contribution is -2.67. The molecule has 1 aliphatic rings. The quantitative estimate of drug-likeness (QED) is 0.666. The Kier molecular flexibility index (Phi) is 6.65. The van der Waals surface area contributed by atoms with Crippen LogP contribution in [0.2, 0.25) is 0 Å². The van der Waals surface area contributed by atoms with E-state index in [1.54, 1.807) is 0 Å².